The summed E-state index contributed by atoms with van der Waals surface area (Å²) < 4.78 is 68.3. The number of phenolic OH excluding ortho intramolecular Hbond substituents is 5. The second-order valence-electron chi connectivity index (χ2n) is 21.1. The number of ether oxygens (including phenoxy) is 12. The van der Waals surface area contributed by atoms with Gasteiger partial charge in [0, 0.05) is 29.8 Å². The summed E-state index contributed by atoms with van der Waals surface area (Å²) in [6, 6.07) is 14.1. The maximum Gasteiger partial charge on any atom is 0.331 e. The number of benzene rings is 4. The van der Waals surface area contributed by atoms with Crippen LogP contribution in [0.25, 0.3) is 18.2 Å². The van der Waals surface area contributed by atoms with E-state index in [9.17, 15) is 96.4 Å². The van der Waals surface area contributed by atoms with Crippen LogP contribution < -0.4 is 18.9 Å². The molecule has 0 saturated carbocycles. The Balaban J connectivity index is 0.809. The quantitative estimate of drug-likeness (QED) is 0.0257. The monoisotopic (exact) mass is 1260 g/mol. The standard InChI is InChI=1S/C58H66O31/c1-22-53(89-40(65)12-6-23-3-8-27(9-4-23)82-56-49(74)46(71)43(68)37(87-56)20-79-39(64)11-7-24-5-10-29(61)30(62)13-24)48(73)52(77)55(81-22)80-21-38-44(69)47(72)51(76)58(88-38)85-35-18-28-32(83-54(35)25-14-31(63)41(66)34(15-25)78-2)16-26(60)17-33(28)84-57-50(75)45(70)42(67)36(19-59)86-57/h3-18,22,36-38,42-63,66-77H,19-21H2,1-2H3/b11-7+,12-6+/t22-,36-,37-,38-,42+,43+,44+,45+,46+,47-,48+,49-,50-,51+,52+,53+,54?,55-,56-,57-,58-/m1/s1. The van der Waals surface area contributed by atoms with Crippen molar-refractivity contribution >= 4 is 30.2 Å². The van der Waals surface area contributed by atoms with E-state index in [0.717, 1.165) is 30.4 Å². The van der Waals surface area contributed by atoms with E-state index in [4.69, 9.17) is 56.8 Å². The molecule has 31 heteroatoms. The summed E-state index contributed by atoms with van der Waals surface area (Å²) in [5.41, 5.74) is 0.693. The van der Waals surface area contributed by atoms with Gasteiger partial charge in [-0.05, 0) is 72.7 Å². The molecule has 0 radical (unpaired) electrons. The van der Waals surface area contributed by atoms with E-state index in [1.165, 1.54) is 80.8 Å². The number of aliphatic hydroxyl groups excluding tert-OH is 12. The zero-order chi connectivity index (χ0) is 64.3. The molecule has 31 nitrogen and oxygen atoms in total. The minimum absolute atomic E-state index is 0.00768. The number of esters is 2. The Morgan fingerprint density at radius 1 is 0.539 bits per heavy atom. The largest absolute Gasteiger partial charge is 0.508 e. The highest BCUT2D eigenvalue weighted by atomic mass is 16.7. The summed E-state index contributed by atoms with van der Waals surface area (Å²) in [5.74, 6) is -5.44. The molecule has 5 heterocycles. The van der Waals surface area contributed by atoms with Crippen LogP contribution in [0, 0.1) is 0 Å². The molecule has 0 amide bonds. The van der Waals surface area contributed by atoms with E-state index < -0.39 is 184 Å². The highest BCUT2D eigenvalue weighted by Crippen LogP contribution is 2.48. The average molecular weight is 1260 g/mol. The molecule has 484 valence electrons. The third-order valence-electron chi connectivity index (χ3n) is 15.0. The number of carbonyl (C=O) groups excluding carboxylic acids is 2. The SMILES string of the molecule is COc1cc(C2Oc3cc(O)cc(O[C@@H]4O[C@H](CO)[C@H](O)[C@H](O)[C@H]4O)c3C=C2O[C@@H]2O[C@H](CO[C@@H]3O[C@H](C)[C@H](OC(=O)/C=C/c4ccc(O[C@@H]5O[C@H](COC(=O)/C=C/c6ccc(O)c(O)c6)[C@H](O)[C@H](O)[C@H]5O)cc4)[C@@H](O)[C@@H]3O)[C@H](O)[C@@H](O)[C@@H]2O)cc(O)c1O. The van der Waals surface area contributed by atoms with Gasteiger partial charge in [-0.3, -0.25) is 0 Å². The summed E-state index contributed by atoms with van der Waals surface area (Å²) >= 11 is 0. The second-order valence-corrected chi connectivity index (χ2v) is 21.1. The Kier molecular flexibility index (Phi) is 20.7. The molecule has 21 atom stereocenters. The van der Waals surface area contributed by atoms with E-state index >= 15 is 0 Å². The number of hydrogen-bond donors (Lipinski definition) is 17. The molecule has 0 bridgehead atoms. The first-order chi connectivity index (χ1) is 42.3. The molecule has 4 saturated heterocycles. The number of rotatable bonds is 19. The van der Waals surface area contributed by atoms with Crippen molar-refractivity contribution in [2.24, 2.45) is 0 Å². The number of fused-ring (bicyclic) bond motifs is 1. The van der Waals surface area contributed by atoms with Crippen LogP contribution in [0.5, 0.6) is 51.7 Å². The topological polar surface area (TPSA) is 489 Å². The van der Waals surface area contributed by atoms with Crippen molar-refractivity contribution in [1.82, 2.24) is 0 Å². The lowest BCUT2D eigenvalue weighted by Crippen LogP contribution is -2.61. The number of hydrogen-bond acceptors (Lipinski definition) is 31. The van der Waals surface area contributed by atoms with Crippen LogP contribution in [0.1, 0.15) is 35.3 Å². The number of phenols is 5. The maximum absolute atomic E-state index is 13.1. The molecule has 0 aromatic heterocycles. The zero-order valence-corrected chi connectivity index (χ0v) is 46.8. The van der Waals surface area contributed by atoms with E-state index in [1.54, 1.807) is 0 Å². The summed E-state index contributed by atoms with van der Waals surface area (Å²) in [6.07, 6.45) is -30.2. The summed E-state index contributed by atoms with van der Waals surface area (Å²) in [7, 11) is 1.19. The van der Waals surface area contributed by atoms with E-state index in [1.807, 2.05) is 0 Å². The van der Waals surface area contributed by atoms with Gasteiger partial charge in [-0.25, -0.2) is 9.59 Å². The van der Waals surface area contributed by atoms with Crippen LogP contribution in [0.4, 0.5) is 0 Å². The fraction of sp³-hybridized carbons (Fsp3) is 0.448. The molecule has 9 rings (SSSR count). The molecular formula is C58H66O31. The first kappa shape index (κ1) is 65.8. The third-order valence-corrected chi connectivity index (χ3v) is 15.0. The van der Waals surface area contributed by atoms with Gasteiger partial charge in [-0.15, -0.1) is 0 Å². The van der Waals surface area contributed by atoms with E-state index in [2.05, 4.69) is 0 Å². The van der Waals surface area contributed by atoms with Crippen molar-refractivity contribution in [2.75, 3.05) is 26.9 Å². The summed E-state index contributed by atoms with van der Waals surface area (Å²) in [5, 5.41) is 180. The number of carbonyl (C=O) groups is 2. The molecule has 4 aromatic carbocycles. The van der Waals surface area contributed by atoms with Crippen LogP contribution in [0.3, 0.4) is 0 Å². The Bertz CT molecular complexity index is 3210. The van der Waals surface area contributed by atoms with Crippen molar-refractivity contribution in [3.8, 4) is 51.7 Å². The molecular weight excluding hydrogens is 1190 g/mol. The van der Waals surface area contributed by atoms with E-state index in [0.29, 0.717) is 11.1 Å². The highest BCUT2D eigenvalue weighted by Gasteiger charge is 2.51. The molecule has 4 aromatic rings. The van der Waals surface area contributed by atoms with Gasteiger partial charge in [-0.2, -0.15) is 0 Å². The van der Waals surface area contributed by atoms with Crippen molar-refractivity contribution in [1.29, 1.82) is 0 Å². The zero-order valence-electron chi connectivity index (χ0n) is 46.8. The average Bonchev–Trinajstić information content (AvgIpc) is 0.919. The molecule has 17 N–H and O–H groups in total. The lowest BCUT2D eigenvalue weighted by Gasteiger charge is -2.43. The van der Waals surface area contributed by atoms with Crippen LogP contribution in [-0.2, 0) is 47.5 Å². The normalized spacial score (nSPS) is 33.8. The van der Waals surface area contributed by atoms with Gasteiger partial charge >= 0.3 is 11.9 Å². The minimum Gasteiger partial charge on any atom is -0.508 e. The van der Waals surface area contributed by atoms with Gasteiger partial charge in [0.05, 0.1) is 32.0 Å². The Labute approximate surface area is 503 Å². The van der Waals surface area contributed by atoms with Crippen molar-refractivity contribution in [3.05, 3.63) is 107 Å². The Hall–Kier alpha value is -7.64. The van der Waals surface area contributed by atoms with Crippen LogP contribution in [-0.4, -0.2) is 249 Å². The highest BCUT2D eigenvalue weighted by molar-refractivity contribution is 5.88. The first-order valence-corrected chi connectivity index (χ1v) is 27.4. The molecule has 4 fully saturated rings. The smallest absolute Gasteiger partial charge is 0.331 e. The van der Waals surface area contributed by atoms with Gasteiger partial charge in [0.25, 0.3) is 0 Å². The van der Waals surface area contributed by atoms with Crippen LogP contribution >= 0.6 is 0 Å². The van der Waals surface area contributed by atoms with Crippen molar-refractivity contribution in [3.63, 3.8) is 0 Å². The number of aliphatic hydroxyl groups is 12. The predicted octanol–water partition coefficient (Wildman–Crippen LogP) is -2.75. The number of methoxy groups -OCH3 is 1. The van der Waals surface area contributed by atoms with Gasteiger partial charge < -0.3 is 144 Å². The molecule has 1 unspecified atom stereocenters. The lowest BCUT2D eigenvalue weighted by molar-refractivity contribution is -0.325. The maximum atomic E-state index is 13.1. The first-order valence-electron chi connectivity index (χ1n) is 27.4. The summed E-state index contributed by atoms with van der Waals surface area (Å²) in [6.45, 7) is -0.732. The van der Waals surface area contributed by atoms with Crippen LogP contribution in [0.2, 0.25) is 0 Å². The third kappa shape index (κ3) is 14.7. The molecule has 0 aliphatic carbocycles. The van der Waals surface area contributed by atoms with Gasteiger partial charge in [0.15, 0.2) is 41.5 Å². The molecule has 5 aliphatic rings. The predicted molar refractivity (Wildman–Crippen MR) is 293 cm³/mol. The number of aromatic hydroxyl groups is 5. The molecule has 89 heavy (non-hydrogen) atoms. The van der Waals surface area contributed by atoms with Crippen molar-refractivity contribution in [2.45, 2.75) is 136 Å². The van der Waals surface area contributed by atoms with Gasteiger partial charge in [-0.1, -0.05) is 18.2 Å². The van der Waals surface area contributed by atoms with Crippen LogP contribution in [0.15, 0.2) is 84.6 Å². The Morgan fingerprint density at radius 2 is 1.11 bits per heavy atom. The summed E-state index contributed by atoms with van der Waals surface area (Å²) in [4.78, 5) is 25.4. The minimum atomic E-state index is -2.05. The molecule has 5 aliphatic heterocycles. The lowest BCUT2D eigenvalue weighted by atomic mass is 9.97. The fourth-order valence-electron chi connectivity index (χ4n) is 9.95. The van der Waals surface area contributed by atoms with Gasteiger partial charge in [0.2, 0.25) is 24.6 Å². The van der Waals surface area contributed by atoms with Gasteiger partial charge in [0.1, 0.15) is 121 Å². The van der Waals surface area contributed by atoms with E-state index in [-0.39, 0.29) is 45.6 Å². The Morgan fingerprint density at radius 3 is 1.75 bits per heavy atom. The fourth-order valence-corrected chi connectivity index (χ4v) is 9.95. The molecule has 0 spiro atoms. The second kappa shape index (κ2) is 28.0. The van der Waals surface area contributed by atoms with Crippen molar-refractivity contribution < 1.29 is 153 Å².